The van der Waals surface area contributed by atoms with E-state index in [-0.39, 0.29) is 5.56 Å². The van der Waals surface area contributed by atoms with Gasteiger partial charge in [-0.1, -0.05) is 11.6 Å². The van der Waals surface area contributed by atoms with Gasteiger partial charge >= 0.3 is 5.97 Å². The van der Waals surface area contributed by atoms with E-state index >= 15 is 0 Å². The molecule has 0 atom stereocenters. The lowest BCUT2D eigenvalue weighted by Gasteiger charge is -2.08. The first-order valence-corrected chi connectivity index (χ1v) is 6.42. The van der Waals surface area contributed by atoms with Gasteiger partial charge in [-0.15, -0.1) is 0 Å². The minimum atomic E-state index is -0.999. The number of aryl methyl sites for hydroxylation is 3. The van der Waals surface area contributed by atoms with Gasteiger partial charge in [-0.25, -0.2) is 14.5 Å². The number of rotatable bonds is 2. The molecule has 19 heavy (non-hydrogen) atoms. The first kappa shape index (κ1) is 12.2. The fraction of sp³-hybridized carbons (Fsp3) is 0.308. The van der Waals surface area contributed by atoms with Crippen LogP contribution >= 0.6 is 11.6 Å². The second-order valence-corrected chi connectivity index (χ2v) is 5.04. The predicted octanol–water partition coefficient (Wildman–Crippen LogP) is 2.42. The van der Waals surface area contributed by atoms with Gasteiger partial charge in [-0.2, -0.15) is 5.10 Å². The minimum Gasteiger partial charge on any atom is -0.478 e. The lowest BCUT2D eigenvalue weighted by Crippen LogP contribution is -2.10. The third-order valence-electron chi connectivity index (χ3n) is 3.32. The summed E-state index contributed by atoms with van der Waals surface area (Å²) in [5.41, 5.74) is 2.81. The number of hydrogen-bond donors (Lipinski definition) is 1. The Bertz CT molecular complexity index is 659. The zero-order valence-electron chi connectivity index (χ0n) is 10.4. The summed E-state index contributed by atoms with van der Waals surface area (Å²) in [6.07, 6.45) is 4.38. The van der Waals surface area contributed by atoms with Crippen molar-refractivity contribution >= 4 is 17.6 Å². The highest BCUT2D eigenvalue weighted by atomic mass is 35.5. The molecule has 2 aromatic heterocycles. The summed E-state index contributed by atoms with van der Waals surface area (Å²) in [5, 5.41) is 14.0. The average molecular weight is 278 g/mol. The Morgan fingerprint density at radius 2 is 2.26 bits per heavy atom. The number of hydrogen-bond acceptors (Lipinski definition) is 3. The van der Waals surface area contributed by atoms with Crippen molar-refractivity contribution in [3.63, 3.8) is 0 Å². The Labute approximate surface area is 114 Å². The molecule has 98 valence electrons. The predicted molar refractivity (Wildman–Crippen MR) is 70.1 cm³/mol. The number of carboxylic acids is 1. The molecule has 3 rings (SSSR count). The molecular weight excluding hydrogens is 266 g/mol. The van der Waals surface area contributed by atoms with Crippen LogP contribution in [0.3, 0.4) is 0 Å². The second-order valence-electron chi connectivity index (χ2n) is 4.63. The van der Waals surface area contributed by atoms with Gasteiger partial charge in [0.05, 0.1) is 16.9 Å². The van der Waals surface area contributed by atoms with E-state index in [1.165, 1.54) is 4.68 Å². The molecule has 0 saturated heterocycles. The summed E-state index contributed by atoms with van der Waals surface area (Å²) in [6, 6.07) is 1.71. The maximum atomic E-state index is 11.4. The van der Waals surface area contributed by atoms with Gasteiger partial charge in [-0.05, 0) is 37.8 Å². The van der Waals surface area contributed by atoms with Crippen molar-refractivity contribution in [2.24, 2.45) is 0 Å². The van der Waals surface area contributed by atoms with E-state index in [1.54, 1.807) is 19.2 Å². The normalized spacial score (nSPS) is 13.6. The number of aromatic carboxylic acids is 1. The smallest absolute Gasteiger partial charge is 0.339 e. The van der Waals surface area contributed by atoms with Crippen molar-refractivity contribution in [1.29, 1.82) is 0 Å². The summed E-state index contributed by atoms with van der Waals surface area (Å²) in [6.45, 7) is 1.77. The number of nitrogens with zero attached hydrogens (tertiary/aromatic N) is 3. The van der Waals surface area contributed by atoms with Gasteiger partial charge in [-0.3, -0.25) is 0 Å². The molecule has 1 aliphatic rings. The number of fused-ring (bicyclic) bond motifs is 1. The Morgan fingerprint density at radius 3 is 2.89 bits per heavy atom. The van der Waals surface area contributed by atoms with E-state index in [1.807, 2.05) is 0 Å². The molecule has 0 spiro atoms. The molecule has 2 aromatic rings. The quantitative estimate of drug-likeness (QED) is 0.915. The number of carboxylic acid groups (broad SMARTS) is 1. The van der Waals surface area contributed by atoms with Crippen LogP contribution in [0.1, 0.15) is 33.7 Å². The summed E-state index contributed by atoms with van der Waals surface area (Å²) < 4.78 is 1.44. The van der Waals surface area contributed by atoms with Crippen LogP contribution in [0.2, 0.25) is 5.02 Å². The van der Waals surface area contributed by atoms with Gasteiger partial charge in [0.25, 0.3) is 0 Å². The van der Waals surface area contributed by atoms with E-state index in [0.29, 0.717) is 16.5 Å². The first-order valence-electron chi connectivity index (χ1n) is 6.04. The summed E-state index contributed by atoms with van der Waals surface area (Å²) in [7, 11) is 0. The Hall–Kier alpha value is -1.88. The molecule has 6 heteroatoms. The topological polar surface area (TPSA) is 68.0 Å². The van der Waals surface area contributed by atoms with Crippen molar-refractivity contribution in [3.8, 4) is 5.82 Å². The van der Waals surface area contributed by atoms with Crippen molar-refractivity contribution in [3.05, 3.63) is 39.8 Å². The molecular formula is C13H12ClN3O2. The van der Waals surface area contributed by atoms with Crippen molar-refractivity contribution in [2.75, 3.05) is 0 Å². The van der Waals surface area contributed by atoms with E-state index in [2.05, 4.69) is 10.1 Å². The van der Waals surface area contributed by atoms with Gasteiger partial charge in [0, 0.05) is 5.69 Å². The molecule has 0 fully saturated rings. The largest absolute Gasteiger partial charge is 0.478 e. The molecule has 0 bridgehead atoms. The molecule has 0 amide bonds. The highest BCUT2D eigenvalue weighted by Gasteiger charge is 2.21. The number of carbonyl (C=O) groups is 1. The van der Waals surface area contributed by atoms with E-state index < -0.39 is 5.97 Å². The standard InChI is InChI=1S/C13H12ClN3O2/c1-7-10(14)6-17(16-7)12-9(13(18)19)5-8-3-2-4-11(8)15-12/h5-6H,2-4H2,1H3,(H,18,19). The van der Waals surface area contributed by atoms with Gasteiger partial charge in [0.15, 0.2) is 5.82 Å². The molecule has 0 aliphatic heterocycles. The molecule has 1 aliphatic carbocycles. The Balaban J connectivity index is 2.21. The monoisotopic (exact) mass is 277 g/mol. The molecule has 1 N–H and O–H groups in total. The molecule has 5 nitrogen and oxygen atoms in total. The lowest BCUT2D eigenvalue weighted by molar-refractivity contribution is 0.0696. The summed E-state index contributed by atoms with van der Waals surface area (Å²) in [5.74, 6) is -0.662. The fourth-order valence-electron chi connectivity index (χ4n) is 2.34. The average Bonchev–Trinajstić information content (AvgIpc) is 2.94. The van der Waals surface area contributed by atoms with Gasteiger partial charge < -0.3 is 5.11 Å². The van der Waals surface area contributed by atoms with E-state index in [9.17, 15) is 9.90 Å². The molecule has 0 unspecified atom stereocenters. The second kappa shape index (κ2) is 4.35. The highest BCUT2D eigenvalue weighted by molar-refractivity contribution is 6.31. The van der Waals surface area contributed by atoms with Crippen LogP contribution in [-0.2, 0) is 12.8 Å². The summed E-state index contributed by atoms with van der Waals surface area (Å²) >= 11 is 5.97. The zero-order chi connectivity index (χ0) is 13.6. The number of aromatic nitrogens is 3. The molecule has 2 heterocycles. The minimum absolute atomic E-state index is 0.166. The first-order chi connectivity index (χ1) is 9.06. The summed E-state index contributed by atoms with van der Waals surface area (Å²) in [4.78, 5) is 15.8. The van der Waals surface area contributed by atoms with E-state index in [0.717, 1.165) is 30.5 Å². The van der Waals surface area contributed by atoms with Gasteiger partial charge in [0.2, 0.25) is 0 Å². The molecule has 0 aromatic carbocycles. The SMILES string of the molecule is Cc1nn(-c2nc3c(cc2C(=O)O)CCC3)cc1Cl. The molecule has 0 radical (unpaired) electrons. The number of pyridine rings is 1. The van der Waals surface area contributed by atoms with Crippen molar-refractivity contribution in [2.45, 2.75) is 26.2 Å². The highest BCUT2D eigenvalue weighted by Crippen LogP contribution is 2.25. The van der Waals surface area contributed by atoms with E-state index in [4.69, 9.17) is 11.6 Å². The zero-order valence-corrected chi connectivity index (χ0v) is 11.1. The maximum Gasteiger partial charge on any atom is 0.339 e. The maximum absolute atomic E-state index is 11.4. The van der Waals surface area contributed by atoms with Crippen LogP contribution in [0.25, 0.3) is 5.82 Å². The third-order valence-corrected chi connectivity index (χ3v) is 3.69. The Morgan fingerprint density at radius 1 is 1.47 bits per heavy atom. The lowest BCUT2D eigenvalue weighted by atomic mass is 10.1. The fourth-order valence-corrected chi connectivity index (χ4v) is 2.47. The van der Waals surface area contributed by atoms with Crippen LogP contribution < -0.4 is 0 Å². The van der Waals surface area contributed by atoms with Crippen LogP contribution in [0.4, 0.5) is 0 Å². The van der Waals surface area contributed by atoms with Gasteiger partial charge in [0.1, 0.15) is 5.56 Å². The van der Waals surface area contributed by atoms with Crippen LogP contribution in [0, 0.1) is 6.92 Å². The van der Waals surface area contributed by atoms with Crippen molar-refractivity contribution in [1.82, 2.24) is 14.8 Å². The van der Waals surface area contributed by atoms with Crippen LogP contribution in [0.15, 0.2) is 12.3 Å². The molecule has 0 saturated carbocycles. The van der Waals surface area contributed by atoms with Crippen molar-refractivity contribution < 1.29 is 9.90 Å². The Kier molecular flexibility index (Phi) is 2.78. The number of halogens is 1. The van der Waals surface area contributed by atoms with Crippen LogP contribution in [-0.4, -0.2) is 25.8 Å². The third kappa shape index (κ3) is 2.00. The van der Waals surface area contributed by atoms with Crippen LogP contribution in [0.5, 0.6) is 0 Å².